The molecule has 0 aliphatic rings. The summed E-state index contributed by atoms with van der Waals surface area (Å²) in [6.07, 6.45) is 2.36. The van der Waals surface area contributed by atoms with Gasteiger partial charge in [-0.2, -0.15) is 0 Å². The second-order valence-corrected chi connectivity index (χ2v) is 7.90. The minimum Gasteiger partial charge on any atom is -0.352 e. The summed E-state index contributed by atoms with van der Waals surface area (Å²) >= 11 is 0. The molecule has 1 N–H and O–H groups in total. The van der Waals surface area contributed by atoms with Gasteiger partial charge in [0.2, 0.25) is 5.43 Å². The van der Waals surface area contributed by atoms with Gasteiger partial charge < -0.3 is 9.88 Å². The van der Waals surface area contributed by atoms with Crippen molar-refractivity contribution in [1.29, 1.82) is 0 Å². The molecular formula is C27H27N3O2. The standard InChI is InChI=1S/C27H27N3O2/c1-3-30-18-24(25(31)23-15-14-19(2)29-26(23)30)27(32)28-17-16-22(20-10-6-4-7-11-20)21-12-8-5-9-13-21/h4-15,18,22H,3,16-17H2,1-2H3,(H,28,32). The monoisotopic (exact) mass is 425 g/mol. The molecule has 2 heterocycles. The van der Waals surface area contributed by atoms with Gasteiger partial charge in [-0.15, -0.1) is 0 Å². The number of hydrogen-bond acceptors (Lipinski definition) is 3. The molecule has 1 amide bonds. The van der Waals surface area contributed by atoms with Crippen molar-refractivity contribution in [3.63, 3.8) is 0 Å². The molecule has 5 nitrogen and oxygen atoms in total. The number of benzene rings is 2. The Balaban J connectivity index is 1.55. The van der Waals surface area contributed by atoms with Crippen LogP contribution in [0.5, 0.6) is 0 Å². The van der Waals surface area contributed by atoms with Gasteiger partial charge >= 0.3 is 0 Å². The number of pyridine rings is 2. The van der Waals surface area contributed by atoms with Crippen LogP contribution in [0.1, 0.15) is 46.4 Å². The van der Waals surface area contributed by atoms with Crippen molar-refractivity contribution in [3.05, 3.63) is 112 Å². The third-order valence-electron chi connectivity index (χ3n) is 5.77. The zero-order valence-corrected chi connectivity index (χ0v) is 18.4. The molecule has 4 aromatic rings. The van der Waals surface area contributed by atoms with Crippen LogP contribution in [-0.4, -0.2) is 22.0 Å². The zero-order chi connectivity index (χ0) is 22.5. The summed E-state index contributed by atoms with van der Waals surface area (Å²) in [6, 6.07) is 24.1. The number of hydrogen-bond donors (Lipinski definition) is 1. The molecule has 5 heteroatoms. The van der Waals surface area contributed by atoms with Crippen molar-refractivity contribution in [2.24, 2.45) is 0 Å². The molecule has 0 radical (unpaired) electrons. The van der Waals surface area contributed by atoms with Gasteiger partial charge in [-0.1, -0.05) is 60.7 Å². The lowest BCUT2D eigenvalue weighted by Crippen LogP contribution is -2.31. The number of carbonyl (C=O) groups is 1. The van der Waals surface area contributed by atoms with Crippen LogP contribution in [0.2, 0.25) is 0 Å². The lowest BCUT2D eigenvalue weighted by atomic mass is 9.88. The highest BCUT2D eigenvalue weighted by Crippen LogP contribution is 2.27. The smallest absolute Gasteiger partial charge is 0.256 e. The molecule has 0 bridgehead atoms. The van der Waals surface area contributed by atoms with E-state index < -0.39 is 0 Å². The summed E-state index contributed by atoms with van der Waals surface area (Å²) < 4.78 is 1.86. The van der Waals surface area contributed by atoms with Gasteiger partial charge in [-0.05, 0) is 43.5 Å². The number of nitrogens with zero attached hydrogens (tertiary/aromatic N) is 2. The highest BCUT2D eigenvalue weighted by atomic mass is 16.2. The first-order valence-electron chi connectivity index (χ1n) is 11.0. The molecule has 0 saturated carbocycles. The van der Waals surface area contributed by atoms with Crippen LogP contribution in [0.4, 0.5) is 0 Å². The van der Waals surface area contributed by atoms with E-state index in [1.165, 1.54) is 11.1 Å². The SMILES string of the molecule is CCn1cc(C(=O)NCCC(c2ccccc2)c2ccccc2)c(=O)c2ccc(C)nc21. The lowest BCUT2D eigenvalue weighted by molar-refractivity contribution is 0.0951. The first-order chi connectivity index (χ1) is 15.6. The van der Waals surface area contributed by atoms with E-state index in [0.29, 0.717) is 24.1 Å². The Bertz CT molecular complexity index is 1240. The number of aryl methyl sites for hydroxylation is 2. The lowest BCUT2D eigenvalue weighted by Gasteiger charge is -2.18. The molecule has 0 unspecified atom stereocenters. The molecule has 162 valence electrons. The Morgan fingerprint density at radius 2 is 1.59 bits per heavy atom. The normalized spacial score (nSPS) is 11.1. The van der Waals surface area contributed by atoms with Crippen molar-refractivity contribution in [1.82, 2.24) is 14.9 Å². The molecule has 0 fully saturated rings. The second kappa shape index (κ2) is 9.60. The van der Waals surface area contributed by atoms with Crippen LogP contribution >= 0.6 is 0 Å². The van der Waals surface area contributed by atoms with Crippen molar-refractivity contribution >= 4 is 16.9 Å². The van der Waals surface area contributed by atoms with Gasteiger partial charge in [0.15, 0.2) is 0 Å². The Hall–Kier alpha value is -3.73. The second-order valence-electron chi connectivity index (χ2n) is 7.90. The average Bonchev–Trinajstić information content (AvgIpc) is 2.83. The van der Waals surface area contributed by atoms with Gasteiger partial charge in [0.05, 0.1) is 5.39 Å². The van der Waals surface area contributed by atoms with Crippen LogP contribution in [0.25, 0.3) is 11.0 Å². The summed E-state index contributed by atoms with van der Waals surface area (Å²) in [6.45, 7) is 4.95. The fourth-order valence-corrected chi connectivity index (χ4v) is 4.08. The topological polar surface area (TPSA) is 64.0 Å². The highest BCUT2D eigenvalue weighted by molar-refractivity contribution is 5.96. The number of nitrogens with one attached hydrogen (secondary N) is 1. The molecule has 0 spiro atoms. The minimum absolute atomic E-state index is 0.154. The van der Waals surface area contributed by atoms with E-state index in [2.05, 4.69) is 34.6 Å². The van der Waals surface area contributed by atoms with E-state index in [1.54, 1.807) is 18.3 Å². The maximum absolute atomic E-state index is 13.0. The summed E-state index contributed by atoms with van der Waals surface area (Å²) in [5.74, 6) is -0.187. The van der Waals surface area contributed by atoms with Crippen molar-refractivity contribution in [2.45, 2.75) is 32.7 Å². The van der Waals surface area contributed by atoms with E-state index in [-0.39, 0.29) is 22.8 Å². The minimum atomic E-state index is -0.348. The summed E-state index contributed by atoms with van der Waals surface area (Å²) in [4.78, 5) is 30.4. The number of rotatable bonds is 7. The Kier molecular flexibility index (Phi) is 6.45. The number of aromatic nitrogens is 2. The molecule has 0 aliphatic carbocycles. The zero-order valence-electron chi connectivity index (χ0n) is 18.4. The van der Waals surface area contributed by atoms with E-state index in [4.69, 9.17) is 0 Å². The molecular weight excluding hydrogens is 398 g/mol. The van der Waals surface area contributed by atoms with E-state index in [0.717, 1.165) is 12.1 Å². The fourth-order valence-electron chi connectivity index (χ4n) is 4.08. The molecule has 32 heavy (non-hydrogen) atoms. The van der Waals surface area contributed by atoms with Crippen LogP contribution < -0.4 is 10.7 Å². The first kappa shape index (κ1) is 21.5. The van der Waals surface area contributed by atoms with E-state index in [9.17, 15) is 9.59 Å². The average molecular weight is 426 g/mol. The predicted molar refractivity (Wildman–Crippen MR) is 128 cm³/mol. The maximum atomic E-state index is 13.0. The third kappa shape index (κ3) is 4.47. The van der Waals surface area contributed by atoms with Gasteiger partial charge in [-0.25, -0.2) is 4.98 Å². The molecule has 0 saturated heterocycles. The fraction of sp³-hybridized carbons (Fsp3) is 0.222. The summed E-state index contributed by atoms with van der Waals surface area (Å²) in [5.41, 5.74) is 3.73. The summed E-state index contributed by atoms with van der Waals surface area (Å²) in [5, 5.41) is 3.43. The van der Waals surface area contributed by atoms with Crippen molar-refractivity contribution in [2.75, 3.05) is 6.54 Å². The van der Waals surface area contributed by atoms with Crippen LogP contribution in [0.15, 0.2) is 83.8 Å². The predicted octanol–water partition coefficient (Wildman–Crippen LogP) is 4.68. The van der Waals surface area contributed by atoms with Crippen LogP contribution in [0, 0.1) is 6.92 Å². The van der Waals surface area contributed by atoms with Crippen molar-refractivity contribution < 1.29 is 4.79 Å². The molecule has 4 rings (SSSR count). The number of carbonyl (C=O) groups excluding carboxylic acids is 1. The molecule has 2 aromatic heterocycles. The van der Waals surface area contributed by atoms with Gasteiger partial charge in [-0.3, -0.25) is 9.59 Å². The largest absolute Gasteiger partial charge is 0.352 e. The third-order valence-corrected chi connectivity index (χ3v) is 5.77. The quantitative estimate of drug-likeness (QED) is 0.468. The van der Waals surface area contributed by atoms with Gasteiger partial charge in [0.25, 0.3) is 5.91 Å². The Labute approximate surface area is 187 Å². The molecule has 2 aromatic carbocycles. The van der Waals surface area contributed by atoms with Crippen LogP contribution in [0.3, 0.4) is 0 Å². The number of amides is 1. The van der Waals surface area contributed by atoms with Gasteiger partial charge in [0.1, 0.15) is 11.2 Å². The highest BCUT2D eigenvalue weighted by Gasteiger charge is 2.18. The summed E-state index contributed by atoms with van der Waals surface area (Å²) in [7, 11) is 0. The van der Waals surface area contributed by atoms with Gasteiger partial charge in [0, 0.05) is 30.9 Å². The first-order valence-corrected chi connectivity index (χ1v) is 11.0. The Morgan fingerprint density at radius 1 is 0.969 bits per heavy atom. The van der Waals surface area contributed by atoms with Crippen LogP contribution in [-0.2, 0) is 6.54 Å². The van der Waals surface area contributed by atoms with Crippen molar-refractivity contribution in [3.8, 4) is 0 Å². The number of fused-ring (bicyclic) bond motifs is 1. The van der Waals surface area contributed by atoms with E-state index >= 15 is 0 Å². The maximum Gasteiger partial charge on any atom is 0.256 e. The molecule has 0 aliphatic heterocycles. The van der Waals surface area contributed by atoms with E-state index in [1.807, 2.05) is 54.8 Å². The Morgan fingerprint density at radius 3 is 2.19 bits per heavy atom. The molecule has 0 atom stereocenters.